The average Bonchev–Trinajstić information content (AvgIpc) is 2.67. The van der Waals surface area contributed by atoms with Gasteiger partial charge in [-0.15, -0.1) is 5.10 Å². The summed E-state index contributed by atoms with van der Waals surface area (Å²) in [6.45, 7) is 6.33. The van der Waals surface area contributed by atoms with Crippen molar-refractivity contribution in [1.82, 2.24) is 20.2 Å². The molecule has 0 aromatic carbocycles. The first-order valence-corrected chi connectivity index (χ1v) is 7.34. The Morgan fingerprint density at radius 3 is 2.65 bits per heavy atom. The first-order valence-electron chi connectivity index (χ1n) is 7.34. The molecule has 1 fully saturated rings. The van der Waals surface area contributed by atoms with Crippen LogP contribution in [-0.2, 0) is 11.2 Å². The molecule has 1 N–H and O–H groups in total. The third-order valence-corrected chi connectivity index (χ3v) is 3.86. The fraction of sp³-hybridized carbons (Fsp3) is 0.857. The van der Waals surface area contributed by atoms with Crippen molar-refractivity contribution in [3.63, 3.8) is 0 Å². The van der Waals surface area contributed by atoms with Crippen molar-refractivity contribution in [3.05, 3.63) is 5.82 Å². The second kappa shape index (κ2) is 5.89. The summed E-state index contributed by atoms with van der Waals surface area (Å²) in [6, 6.07) is -0.169. The second-order valence-corrected chi connectivity index (χ2v) is 7.06. The maximum Gasteiger partial charge on any atom is 0.305 e. The van der Waals surface area contributed by atoms with Crippen molar-refractivity contribution in [3.8, 4) is 0 Å². The van der Waals surface area contributed by atoms with E-state index in [-0.39, 0.29) is 17.9 Å². The Morgan fingerprint density at radius 2 is 2.15 bits per heavy atom. The van der Waals surface area contributed by atoms with Crippen molar-refractivity contribution < 1.29 is 9.90 Å². The van der Waals surface area contributed by atoms with Gasteiger partial charge in [0, 0.05) is 6.42 Å². The van der Waals surface area contributed by atoms with Gasteiger partial charge < -0.3 is 5.11 Å². The number of aliphatic carboxylic acids is 1. The van der Waals surface area contributed by atoms with Gasteiger partial charge >= 0.3 is 5.97 Å². The predicted octanol–water partition coefficient (Wildman–Crippen LogP) is 2.47. The molecule has 0 radical (unpaired) electrons. The lowest BCUT2D eigenvalue weighted by atomic mass is 9.82. The van der Waals surface area contributed by atoms with Gasteiger partial charge in [0.05, 0.1) is 12.5 Å². The Bertz CT molecular complexity index is 460. The molecule has 1 heterocycles. The molecular formula is C14H24N4O2. The van der Waals surface area contributed by atoms with Crippen molar-refractivity contribution in [2.75, 3.05) is 0 Å². The molecule has 1 unspecified atom stereocenters. The summed E-state index contributed by atoms with van der Waals surface area (Å²) in [5, 5.41) is 21.1. The average molecular weight is 280 g/mol. The molecule has 6 nitrogen and oxygen atoms in total. The van der Waals surface area contributed by atoms with E-state index < -0.39 is 5.97 Å². The first kappa shape index (κ1) is 14.9. The molecule has 6 heteroatoms. The van der Waals surface area contributed by atoms with Crippen LogP contribution >= 0.6 is 0 Å². The zero-order valence-corrected chi connectivity index (χ0v) is 12.5. The fourth-order valence-corrected chi connectivity index (χ4v) is 2.74. The number of carboxylic acids is 1. The molecule has 1 aromatic rings. The van der Waals surface area contributed by atoms with E-state index in [1.54, 1.807) is 4.68 Å². The number of hydrogen-bond donors (Lipinski definition) is 1. The van der Waals surface area contributed by atoms with E-state index in [1.807, 2.05) is 0 Å². The molecule has 1 aliphatic carbocycles. The van der Waals surface area contributed by atoms with Gasteiger partial charge in [0.1, 0.15) is 0 Å². The topological polar surface area (TPSA) is 80.9 Å². The fourth-order valence-electron chi connectivity index (χ4n) is 2.74. The summed E-state index contributed by atoms with van der Waals surface area (Å²) < 4.78 is 1.75. The molecule has 20 heavy (non-hydrogen) atoms. The minimum Gasteiger partial charge on any atom is -0.481 e. The number of nitrogens with zero attached hydrogens (tertiary/aromatic N) is 4. The highest BCUT2D eigenvalue weighted by molar-refractivity contribution is 5.67. The Hall–Kier alpha value is -1.46. The highest BCUT2D eigenvalue weighted by Gasteiger charge is 2.28. The zero-order valence-electron chi connectivity index (χ0n) is 12.5. The quantitative estimate of drug-likeness (QED) is 0.865. The minimum atomic E-state index is -0.802. The van der Waals surface area contributed by atoms with Crippen molar-refractivity contribution in [1.29, 1.82) is 0 Å². The van der Waals surface area contributed by atoms with E-state index in [0.29, 0.717) is 5.92 Å². The van der Waals surface area contributed by atoms with Gasteiger partial charge in [-0.25, -0.2) is 4.68 Å². The summed E-state index contributed by atoms with van der Waals surface area (Å²) >= 11 is 0. The van der Waals surface area contributed by atoms with Gasteiger partial charge in [-0.2, -0.15) is 0 Å². The standard InChI is InChI=1S/C14H24N4O2/c1-14(2,3)9-11(8-13(19)20)18-12(15-16-17-18)7-10-5-4-6-10/h10-11H,4-9H2,1-3H3,(H,19,20). The van der Waals surface area contributed by atoms with Gasteiger partial charge in [-0.05, 0) is 28.2 Å². The second-order valence-electron chi connectivity index (χ2n) is 7.06. The molecule has 2 rings (SSSR count). The smallest absolute Gasteiger partial charge is 0.305 e. The summed E-state index contributed by atoms with van der Waals surface area (Å²) in [5.74, 6) is 0.703. The molecule has 0 amide bonds. The van der Waals surface area contributed by atoms with E-state index in [1.165, 1.54) is 19.3 Å². The van der Waals surface area contributed by atoms with Crippen LogP contribution in [0.1, 0.15) is 64.7 Å². The third kappa shape index (κ3) is 4.02. The monoisotopic (exact) mass is 280 g/mol. The van der Waals surface area contributed by atoms with Crippen LogP contribution in [0.25, 0.3) is 0 Å². The predicted molar refractivity (Wildman–Crippen MR) is 74.2 cm³/mol. The number of carboxylic acid groups (broad SMARTS) is 1. The largest absolute Gasteiger partial charge is 0.481 e. The van der Waals surface area contributed by atoms with E-state index in [0.717, 1.165) is 18.7 Å². The van der Waals surface area contributed by atoms with Crippen molar-refractivity contribution >= 4 is 5.97 Å². The van der Waals surface area contributed by atoms with Crippen LogP contribution in [0.15, 0.2) is 0 Å². The number of tetrazole rings is 1. The molecule has 1 saturated carbocycles. The number of hydrogen-bond acceptors (Lipinski definition) is 4. The Labute approximate surface area is 119 Å². The third-order valence-electron chi connectivity index (χ3n) is 3.86. The van der Waals surface area contributed by atoms with E-state index in [4.69, 9.17) is 5.11 Å². The molecule has 1 aromatic heterocycles. The molecule has 1 atom stereocenters. The Kier molecular flexibility index (Phi) is 4.40. The molecular weight excluding hydrogens is 256 g/mol. The summed E-state index contributed by atoms with van der Waals surface area (Å²) in [4.78, 5) is 11.1. The molecule has 112 valence electrons. The summed E-state index contributed by atoms with van der Waals surface area (Å²) in [7, 11) is 0. The molecule has 0 saturated heterocycles. The van der Waals surface area contributed by atoms with Gasteiger partial charge in [-0.3, -0.25) is 4.79 Å². The Balaban J connectivity index is 2.14. The van der Waals surface area contributed by atoms with Crippen molar-refractivity contribution in [2.45, 2.75) is 65.3 Å². The lowest BCUT2D eigenvalue weighted by Gasteiger charge is -2.28. The van der Waals surface area contributed by atoms with Crippen molar-refractivity contribution in [2.24, 2.45) is 11.3 Å². The van der Waals surface area contributed by atoms with Gasteiger partial charge in [-0.1, -0.05) is 40.0 Å². The van der Waals surface area contributed by atoms with E-state index in [2.05, 4.69) is 36.3 Å². The first-order chi connectivity index (χ1) is 9.35. The molecule has 0 aliphatic heterocycles. The van der Waals surface area contributed by atoms with Crippen LogP contribution in [-0.4, -0.2) is 31.3 Å². The van der Waals surface area contributed by atoms with Crippen LogP contribution in [0.3, 0.4) is 0 Å². The maximum absolute atomic E-state index is 11.1. The van der Waals surface area contributed by atoms with Gasteiger partial charge in [0.2, 0.25) is 0 Å². The number of carbonyl (C=O) groups is 1. The highest BCUT2D eigenvalue weighted by Crippen LogP contribution is 2.32. The van der Waals surface area contributed by atoms with Gasteiger partial charge in [0.15, 0.2) is 5.82 Å². The van der Waals surface area contributed by atoms with Gasteiger partial charge in [0.25, 0.3) is 0 Å². The van der Waals surface area contributed by atoms with E-state index >= 15 is 0 Å². The van der Waals surface area contributed by atoms with Crippen LogP contribution in [0.4, 0.5) is 0 Å². The molecule has 1 aliphatic rings. The number of aromatic nitrogens is 4. The molecule has 0 bridgehead atoms. The normalized spacial score (nSPS) is 17.8. The maximum atomic E-state index is 11.1. The minimum absolute atomic E-state index is 0.0415. The van der Waals surface area contributed by atoms with Crippen LogP contribution in [0, 0.1) is 11.3 Å². The van der Waals surface area contributed by atoms with Crippen LogP contribution in [0.5, 0.6) is 0 Å². The van der Waals surface area contributed by atoms with E-state index in [9.17, 15) is 4.79 Å². The van der Waals surface area contributed by atoms with Crippen LogP contribution < -0.4 is 0 Å². The summed E-state index contributed by atoms with van der Waals surface area (Å²) in [5.41, 5.74) is 0.0415. The lowest BCUT2D eigenvalue weighted by molar-refractivity contribution is -0.138. The molecule has 0 spiro atoms. The van der Waals surface area contributed by atoms with Crippen LogP contribution in [0.2, 0.25) is 0 Å². The summed E-state index contributed by atoms with van der Waals surface area (Å²) in [6.07, 6.45) is 5.44. The highest BCUT2D eigenvalue weighted by atomic mass is 16.4. The number of rotatable bonds is 6. The zero-order chi connectivity index (χ0) is 14.8. The SMILES string of the molecule is CC(C)(C)CC(CC(=O)O)n1nnnc1CC1CCC1. The Morgan fingerprint density at radius 1 is 1.45 bits per heavy atom. The lowest BCUT2D eigenvalue weighted by Crippen LogP contribution is -2.24.